The van der Waals surface area contributed by atoms with Gasteiger partial charge < -0.3 is 10.2 Å². The van der Waals surface area contributed by atoms with Gasteiger partial charge in [0.2, 0.25) is 11.8 Å². The van der Waals surface area contributed by atoms with Gasteiger partial charge in [0.25, 0.3) is 10.0 Å². The van der Waals surface area contributed by atoms with Gasteiger partial charge in [0.15, 0.2) is 0 Å². The number of nitrogens with one attached hydrogen (secondary N) is 1. The fourth-order valence-electron chi connectivity index (χ4n) is 3.81. The lowest BCUT2D eigenvalue weighted by atomic mass is 10.1. The molecule has 0 aliphatic carbocycles. The largest absolute Gasteiger partial charge is 0.354 e. The molecule has 39 heavy (non-hydrogen) atoms. The fourth-order valence-corrected chi connectivity index (χ4v) is 5.87. The number of benzene rings is 3. The third kappa shape index (κ3) is 7.88. The van der Waals surface area contributed by atoms with Gasteiger partial charge >= 0.3 is 0 Å². The minimum atomic E-state index is -4.18. The number of rotatable bonds is 11. The number of hydrogen-bond donors (Lipinski definition) is 1. The van der Waals surface area contributed by atoms with Crippen LogP contribution in [-0.4, -0.2) is 44.3 Å². The molecule has 3 aromatic rings. The quantitative estimate of drug-likeness (QED) is 0.285. The first-order valence-electron chi connectivity index (χ1n) is 12.3. The molecule has 0 aromatic heterocycles. The smallest absolute Gasteiger partial charge is 0.264 e. The highest BCUT2D eigenvalue weighted by Gasteiger charge is 2.32. The standard InChI is InChI=1S/C28H30Cl3N3O4S/c1-4-14-32-28(36)20(3)33(17-21-10-11-23(30)16-26(21)31)27(35)18-34(24-7-5-6-22(29)15-24)39(37,38)25-12-8-19(2)9-13-25/h5-13,15-16,20H,4,14,17-18H2,1-3H3,(H,32,36). The zero-order valence-electron chi connectivity index (χ0n) is 21.8. The maximum atomic E-state index is 13.9. The number of carbonyl (C=O) groups is 2. The van der Waals surface area contributed by atoms with E-state index in [9.17, 15) is 18.0 Å². The van der Waals surface area contributed by atoms with Gasteiger partial charge in [0.1, 0.15) is 12.6 Å². The van der Waals surface area contributed by atoms with Crippen LogP contribution in [0.15, 0.2) is 71.6 Å². The Labute approximate surface area is 244 Å². The van der Waals surface area contributed by atoms with E-state index < -0.39 is 28.5 Å². The topological polar surface area (TPSA) is 86.8 Å². The van der Waals surface area contributed by atoms with Crippen molar-refractivity contribution < 1.29 is 18.0 Å². The average Bonchev–Trinajstić information content (AvgIpc) is 2.89. The Bertz CT molecular complexity index is 1430. The Balaban J connectivity index is 2.04. The SMILES string of the molecule is CCCNC(=O)C(C)N(Cc1ccc(Cl)cc1Cl)C(=O)CN(c1cccc(Cl)c1)S(=O)(=O)c1ccc(C)cc1. The van der Waals surface area contributed by atoms with Crippen molar-refractivity contribution in [2.45, 2.75) is 44.7 Å². The van der Waals surface area contributed by atoms with Crippen LogP contribution in [0.3, 0.4) is 0 Å². The van der Waals surface area contributed by atoms with Gasteiger partial charge in [-0.1, -0.05) is 71.6 Å². The molecule has 0 fully saturated rings. The van der Waals surface area contributed by atoms with Gasteiger partial charge in [-0.25, -0.2) is 8.42 Å². The van der Waals surface area contributed by atoms with Crippen LogP contribution in [0.2, 0.25) is 15.1 Å². The molecule has 11 heteroatoms. The summed E-state index contributed by atoms with van der Waals surface area (Å²) < 4.78 is 28.6. The van der Waals surface area contributed by atoms with Crippen LogP contribution >= 0.6 is 34.8 Å². The van der Waals surface area contributed by atoms with Gasteiger partial charge in [0.05, 0.1) is 10.6 Å². The van der Waals surface area contributed by atoms with Crippen molar-refractivity contribution in [1.82, 2.24) is 10.2 Å². The van der Waals surface area contributed by atoms with Gasteiger partial charge in [-0.2, -0.15) is 0 Å². The zero-order chi connectivity index (χ0) is 28.7. The first-order chi connectivity index (χ1) is 18.4. The maximum absolute atomic E-state index is 13.9. The molecule has 1 unspecified atom stereocenters. The number of hydrogen-bond acceptors (Lipinski definition) is 4. The summed E-state index contributed by atoms with van der Waals surface area (Å²) in [6, 6.07) is 16.5. The molecule has 3 aromatic carbocycles. The molecule has 3 rings (SSSR count). The highest BCUT2D eigenvalue weighted by Crippen LogP contribution is 2.28. The Hall–Kier alpha value is -2.78. The van der Waals surface area contributed by atoms with Crippen molar-refractivity contribution in [2.24, 2.45) is 0 Å². The van der Waals surface area contributed by atoms with E-state index in [0.717, 1.165) is 9.87 Å². The monoisotopic (exact) mass is 609 g/mol. The van der Waals surface area contributed by atoms with Gasteiger partial charge in [0, 0.05) is 28.2 Å². The number of anilines is 1. The molecule has 2 amide bonds. The molecule has 0 saturated heterocycles. The first-order valence-corrected chi connectivity index (χ1v) is 14.9. The molecule has 1 atom stereocenters. The van der Waals surface area contributed by atoms with Crippen molar-refractivity contribution in [3.63, 3.8) is 0 Å². The van der Waals surface area contributed by atoms with E-state index >= 15 is 0 Å². The Morgan fingerprint density at radius 1 is 0.949 bits per heavy atom. The average molecular weight is 611 g/mol. The number of nitrogens with zero attached hydrogens (tertiary/aromatic N) is 2. The van der Waals surface area contributed by atoms with E-state index in [1.165, 1.54) is 23.1 Å². The summed E-state index contributed by atoms with van der Waals surface area (Å²) in [7, 11) is -4.18. The van der Waals surface area contributed by atoms with E-state index in [-0.39, 0.29) is 23.0 Å². The molecule has 0 bridgehead atoms. The number of aryl methyl sites for hydroxylation is 1. The molecule has 0 radical (unpaired) electrons. The lowest BCUT2D eigenvalue weighted by molar-refractivity contribution is -0.139. The van der Waals surface area contributed by atoms with Crippen LogP contribution in [-0.2, 0) is 26.2 Å². The Morgan fingerprint density at radius 3 is 2.23 bits per heavy atom. The van der Waals surface area contributed by atoms with Crippen molar-refractivity contribution >= 4 is 62.3 Å². The van der Waals surface area contributed by atoms with E-state index in [1.807, 2.05) is 13.8 Å². The molecule has 0 saturated carbocycles. The zero-order valence-corrected chi connectivity index (χ0v) is 24.9. The fraction of sp³-hybridized carbons (Fsp3) is 0.286. The van der Waals surface area contributed by atoms with Crippen LogP contribution in [0.25, 0.3) is 0 Å². The van der Waals surface area contributed by atoms with Crippen molar-refractivity contribution in [1.29, 1.82) is 0 Å². The molecule has 0 spiro atoms. The van der Waals surface area contributed by atoms with Crippen molar-refractivity contribution in [2.75, 3.05) is 17.4 Å². The van der Waals surface area contributed by atoms with E-state index in [1.54, 1.807) is 55.5 Å². The van der Waals surface area contributed by atoms with Crippen molar-refractivity contribution in [3.8, 4) is 0 Å². The van der Waals surface area contributed by atoms with Gasteiger partial charge in [-0.3, -0.25) is 13.9 Å². The van der Waals surface area contributed by atoms with E-state index in [2.05, 4.69) is 5.32 Å². The maximum Gasteiger partial charge on any atom is 0.264 e. The summed E-state index contributed by atoms with van der Waals surface area (Å²) in [6.45, 7) is 5.17. The van der Waals surface area contributed by atoms with Crippen LogP contribution in [0.4, 0.5) is 5.69 Å². The summed E-state index contributed by atoms with van der Waals surface area (Å²) in [5, 5.41) is 3.84. The van der Waals surface area contributed by atoms with Gasteiger partial charge in [-0.05, 0) is 68.3 Å². The summed E-state index contributed by atoms with van der Waals surface area (Å²) in [4.78, 5) is 28.1. The lowest BCUT2D eigenvalue weighted by Gasteiger charge is -2.32. The molecule has 208 valence electrons. The summed E-state index contributed by atoms with van der Waals surface area (Å²) in [6.07, 6.45) is 0.715. The van der Waals surface area contributed by atoms with Gasteiger partial charge in [-0.15, -0.1) is 0 Å². The third-order valence-corrected chi connectivity index (χ3v) is 8.67. The van der Waals surface area contributed by atoms with Crippen molar-refractivity contribution in [3.05, 3.63) is 92.9 Å². The number of amides is 2. The van der Waals surface area contributed by atoms with E-state index in [4.69, 9.17) is 34.8 Å². The lowest BCUT2D eigenvalue weighted by Crippen LogP contribution is -2.51. The number of sulfonamides is 1. The minimum absolute atomic E-state index is 0.0157. The molecular formula is C28H30Cl3N3O4S. The summed E-state index contributed by atoms with van der Waals surface area (Å²) in [5.74, 6) is -0.971. The molecule has 0 aliphatic rings. The first kappa shape index (κ1) is 30.8. The predicted molar refractivity (Wildman–Crippen MR) is 157 cm³/mol. The normalized spacial score (nSPS) is 12.1. The summed E-state index contributed by atoms with van der Waals surface area (Å²) in [5.41, 5.74) is 1.65. The number of carbonyl (C=O) groups excluding carboxylic acids is 2. The molecule has 0 aliphatic heterocycles. The number of halogens is 3. The Kier molecular flexibility index (Phi) is 10.7. The third-order valence-electron chi connectivity index (χ3n) is 6.06. The predicted octanol–water partition coefficient (Wildman–Crippen LogP) is 6.09. The van der Waals surface area contributed by atoms with Crippen LogP contribution in [0, 0.1) is 6.92 Å². The second-order valence-electron chi connectivity index (χ2n) is 9.03. The highest BCUT2D eigenvalue weighted by atomic mass is 35.5. The van der Waals surface area contributed by atoms with Crippen LogP contribution < -0.4 is 9.62 Å². The molecule has 1 N–H and O–H groups in total. The van der Waals surface area contributed by atoms with E-state index in [0.29, 0.717) is 33.6 Å². The molecule has 0 heterocycles. The Morgan fingerprint density at radius 2 is 1.62 bits per heavy atom. The van der Waals surface area contributed by atoms with Crippen LogP contribution in [0.5, 0.6) is 0 Å². The highest BCUT2D eigenvalue weighted by molar-refractivity contribution is 7.92. The minimum Gasteiger partial charge on any atom is -0.354 e. The summed E-state index contributed by atoms with van der Waals surface area (Å²) >= 11 is 18.6. The van der Waals surface area contributed by atoms with Crippen LogP contribution in [0.1, 0.15) is 31.4 Å². The molecule has 7 nitrogen and oxygen atoms in total. The second-order valence-corrected chi connectivity index (χ2v) is 12.2. The molecular weight excluding hydrogens is 581 g/mol. The second kappa shape index (κ2) is 13.5.